The lowest BCUT2D eigenvalue weighted by atomic mass is 10.0. The van der Waals surface area contributed by atoms with Crippen LogP contribution in [0.15, 0.2) is 40.9 Å². The molecule has 0 amide bonds. The molecule has 106 valence electrons. The van der Waals surface area contributed by atoms with Gasteiger partial charge in [-0.25, -0.2) is 8.78 Å². The summed E-state index contributed by atoms with van der Waals surface area (Å²) in [4.78, 5) is 0. The molecule has 2 aromatic carbocycles. The Morgan fingerprint density at radius 3 is 2.35 bits per heavy atom. The van der Waals surface area contributed by atoms with Crippen LogP contribution in [-0.2, 0) is 0 Å². The standard InChI is InChI=1S/C16H16BrF2N/c1-3-20-10(2)11-4-6-12(7-5-11)15-14(18)9-8-13(17)16(15)19/h4-10,20H,3H2,1-2H3. The molecular formula is C16H16BrF2N. The highest BCUT2D eigenvalue weighted by Gasteiger charge is 2.14. The maximum Gasteiger partial charge on any atom is 0.148 e. The van der Waals surface area contributed by atoms with Gasteiger partial charge in [-0.1, -0.05) is 31.2 Å². The van der Waals surface area contributed by atoms with E-state index in [9.17, 15) is 8.78 Å². The van der Waals surface area contributed by atoms with Crippen LogP contribution in [0.25, 0.3) is 11.1 Å². The molecular weight excluding hydrogens is 324 g/mol. The summed E-state index contributed by atoms with van der Waals surface area (Å²) in [6.07, 6.45) is 0. The van der Waals surface area contributed by atoms with Gasteiger partial charge in [0.15, 0.2) is 0 Å². The van der Waals surface area contributed by atoms with Crippen molar-refractivity contribution < 1.29 is 8.78 Å². The summed E-state index contributed by atoms with van der Waals surface area (Å²) in [7, 11) is 0. The molecule has 20 heavy (non-hydrogen) atoms. The van der Waals surface area contributed by atoms with Gasteiger partial charge in [-0.15, -0.1) is 0 Å². The first-order chi connectivity index (χ1) is 9.54. The molecule has 1 unspecified atom stereocenters. The van der Waals surface area contributed by atoms with Crippen molar-refractivity contribution in [3.63, 3.8) is 0 Å². The third-order valence-corrected chi connectivity index (χ3v) is 3.87. The number of halogens is 3. The largest absolute Gasteiger partial charge is 0.310 e. The van der Waals surface area contributed by atoms with E-state index in [1.807, 2.05) is 19.1 Å². The predicted molar refractivity (Wildman–Crippen MR) is 81.6 cm³/mol. The van der Waals surface area contributed by atoms with E-state index in [0.29, 0.717) is 5.56 Å². The van der Waals surface area contributed by atoms with Crippen LogP contribution in [0, 0.1) is 11.6 Å². The van der Waals surface area contributed by atoms with Gasteiger partial charge in [0, 0.05) is 6.04 Å². The molecule has 0 aliphatic carbocycles. The van der Waals surface area contributed by atoms with Crippen molar-refractivity contribution in [2.45, 2.75) is 19.9 Å². The second-order valence-corrected chi connectivity index (χ2v) is 5.47. The Kier molecular flexibility index (Phi) is 4.89. The third kappa shape index (κ3) is 3.07. The number of hydrogen-bond donors (Lipinski definition) is 1. The van der Waals surface area contributed by atoms with E-state index in [-0.39, 0.29) is 16.1 Å². The van der Waals surface area contributed by atoms with Crippen molar-refractivity contribution in [2.24, 2.45) is 0 Å². The van der Waals surface area contributed by atoms with E-state index in [4.69, 9.17) is 0 Å². The van der Waals surface area contributed by atoms with Gasteiger partial charge in [-0.3, -0.25) is 0 Å². The van der Waals surface area contributed by atoms with Gasteiger partial charge in [0.05, 0.1) is 10.0 Å². The smallest absolute Gasteiger partial charge is 0.148 e. The van der Waals surface area contributed by atoms with E-state index in [0.717, 1.165) is 12.1 Å². The summed E-state index contributed by atoms with van der Waals surface area (Å²) in [5.41, 5.74) is 1.63. The lowest BCUT2D eigenvalue weighted by molar-refractivity contribution is 0.585. The van der Waals surface area contributed by atoms with Crippen molar-refractivity contribution in [1.82, 2.24) is 5.32 Å². The minimum atomic E-state index is -0.572. The Morgan fingerprint density at radius 1 is 1.10 bits per heavy atom. The minimum absolute atomic E-state index is 0.00188. The fraction of sp³-hybridized carbons (Fsp3) is 0.250. The van der Waals surface area contributed by atoms with Gasteiger partial charge in [-0.2, -0.15) is 0 Å². The third-order valence-electron chi connectivity index (χ3n) is 3.25. The van der Waals surface area contributed by atoms with Gasteiger partial charge in [0.2, 0.25) is 0 Å². The zero-order chi connectivity index (χ0) is 14.7. The van der Waals surface area contributed by atoms with Gasteiger partial charge in [0.1, 0.15) is 11.6 Å². The maximum absolute atomic E-state index is 14.0. The Labute approximate surface area is 126 Å². The molecule has 0 saturated carbocycles. The van der Waals surface area contributed by atoms with E-state index in [1.54, 1.807) is 12.1 Å². The minimum Gasteiger partial charge on any atom is -0.310 e. The fourth-order valence-corrected chi connectivity index (χ4v) is 2.48. The molecule has 0 radical (unpaired) electrons. The van der Waals surface area contributed by atoms with Gasteiger partial charge in [-0.05, 0) is 52.7 Å². The molecule has 0 spiro atoms. The highest BCUT2D eigenvalue weighted by atomic mass is 79.9. The van der Waals surface area contributed by atoms with Crippen molar-refractivity contribution in [1.29, 1.82) is 0 Å². The molecule has 2 rings (SSSR count). The SMILES string of the molecule is CCNC(C)c1ccc(-c2c(F)ccc(Br)c2F)cc1. The summed E-state index contributed by atoms with van der Waals surface area (Å²) in [6, 6.07) is 10.1. The predicted octanol–water partition coefficient (Wildman–Crippen LogP) is 5.06. The summed E-state index contributed by atoms with van der Waals surface area (Å²) >= 11 is 3.08. The van der Waals surface area contributed by atoms with Crippen molar-refractivity contribution in [2.75, 3.05) is 6.54 Å². The number of rotatable bonds is 4. The first-order valence-electron chi connectivity index (χ1n) is 6.51. The van der Waals surface area contributed by atoms with Crippen LogP contribution in [0.5, 0.6) is 0 Å². The lowest BCUT2D eigenvalue weighted by Gasteiger charge is -2.13. The summed E-state index contributed by atoms with van der Waals surface area (Å²) in [5, 5.41) is 3.30. The normalized spacial score (nSPS) is 12.4. The van der Waals surface area contributed by atoms with Crippen LogP contribution in [0.4, 0.5) is 8.78 Å². The molecule has 1 nitrogen and oxygen atoms in total. The Hall–Kier alpha value is -1.26. The molecule has 4 heteroatoms. The highest BCUT2D eigenvalue weighted by molar-refractivity contribution is 9.10. The van der Waals surface area contributed by atoms with Gasteiger partial charge < -0.3 is 5.32 Å². The average molecular weight is 340 g/mol. The molecule has 0 saturated heterocycles. The Balaban J connectivity index is 2.38. The fourth-order valence-electron chi connectivity index (χ4n) is 2.15. The molecule has 0 aliphatic heterocycles. The first-order valence-corrected chi connectivity index (χ1v) is 7.31. The molecule has 1 atom stereocenters. The van der Waals surface area contributed by atoms with Gasteiger partial charge >= 0.3 is 0 Å². The molecule has 0 fully saturated rings. The second kappa shape index (κ2) is 6.46. The van der Waals surface area contributed by atoms with Gasteiger partial charge in [0.25, 0.3) is 0 Å². The van der Waals surface area contributed by atoms with Crippen LogP contribution in [0.1, 0.15) is 25.5 Å². The number of hydrogen-bond acceptors (Lipinski definition) is 1. The van der Waals surface area contributed by atoms with Crippen molar-refractivity contribution >= 4 is 15.9 Å². The molecule has 0 aliphatic rings. The van der Waals surface area contributed by atoms with Crippen molar-refractivity contribution in [3.8, 4) is 11.1 Å². The summed E-state index contributed by atoms with van der Waals surface area (Å²) in [6.45, 7) is 4.97. The van der Waals surface area contributed by atoms with E-state index in [2.05, 4.69) is 28.2 Å². The summed E-state index contributed by atoms with van der Waals surface area (Å²) < 4.78 is 28.1. The van der Waals surface area contributed by atoms with Crippen molar-refractivity contribution in [3.05, 3.63) is 58.1 Å². The average Bonchev–Trinajstić information content (AvgIpc) is 2.44. The maximum atomic E-state index is 14.0. The quantitative estimate of drug-likeness (QED) is 0.767. The Bertz CT molecular complexity index is 596. The topological polar surface area (TPSA) is 12.0 Å². The van der Waals surface area contributed by atoms with Crippen LogP contribution in [-0.4, -0.2) is 6.54 Å². The highest BCUT2D eigenvalue weighted by Crippen LogP contribution is 2.31. The summed E-state index contributed by atoms with van der Waals surface area (Å²) in [5.74, 6) is -1.13. The van der Waals surface area contributed by atoms with E-state index in [1.165, 1.54) is 12.1 Å². The van der Waals surface area contributed by atoms with Crippen LogP contribution in [0.3, 0.4) is 0 Å². The van der Waals surface area contributed by atoms with Crippen LogP contribution < -0.4 is 5.32 Å². The lowest BCUT2D eigenvalue weighted by Crippen LogP contribution is -2.17. The number of benzene rings is 2. The monoisotopic (exact) mass is 339 g/mol. The molecule has 0 aromatic heterocycles. The van der Waals surface area contributed by atoms with E-state index >= 15 is 0 Å². The number of nitrogens with one attached hydrogen (secondary N) is 1. The second-order valence-electron chi connectivity index (χ2n) is 4.62. The zero-order valence-electron chi connectivity index (χ0n) is 11.4. The molecule has 2 aromatic rings. The van der Waals surface area contributed by atoms with Crippen LogP contribution >= 0.6 is 15.9 Å². The first kappa shape index (κ1) is 15.1. The molecule has 0 bridgehead atoms. The molecule has 0 heterocycles. The van der Waals surface area contributed by atoms with Crippen LogP contribution in [0.2, 0.25) is 0 Å². The molecule has 1 N–H and O–H groups in total. The van der Waals surface area contributed by atoms with E-state index < -0.39 is 11.6 Å². The zero-order valence-corrected chi connectivity index (χ0v) is 13.0. The Morgan fingerprint density at radius 2 is 1.75 bits per heavy atom.